The zero-order chi connectivity index (χ0) is 13.8. The predicted molar refractivity (Wildman–Crippen MR) is 80.8 cm³/mol. The molecule has 19 heavy (non-hydrogen) atoms. The molecule has 0 aliphatic heterocycles. The molecule has 0 unspecified atom stereocenters. The average Bonchev–Trinajstić information content (AvgIpc) is 2.76. The highest BCUT2D eigenvalue weighted by atomic mass is 127. The van der Waals surface area contributed by atoms with E-state index in [2.05, 4.69) is 9.98 Å². The molecule has 0 aliphatic carbocycles. The van der Waals surface area contributed by atoms with E-state index >= 15 is 0 Å². The molecule has 9 heteroatoms. The van der Waals surface area contributed by atoms with E-state index in [9.17, 15) is 13.2 Å². The Morgan fingerprint density at radius 1 is 1.42 bits per heavy atom. The van der Waals surface area contributed by atoms with Gasteiger partial charge >= 0.3 is 6.18 Å². The second-order valence-electron chi connectivity index (χ2n) is 3.47. The van der Waals surface area contributed by atoms with Crippen LogP contribution in [0.4, 0.5) is 13.2 Å². The lowest BCUT2D eigenvalue weighted by molar-refractivity contribution is -0.140. The van der Waals surface area contributed by atoms with Crippen molar-refractivity contribution in [3.8, 4) is 0 Å². The van der Waals surface area contributed by atoms with E-state index in [0.717, 1.165) is 16.7 Å². The van der Waals surface area contributed by atoms with Crippen LogP contribution in [-0.2, 0) is 12.7 Å². The second-order valence-corrected chi connectivity index (χ2v) is 4.41. The van der Waals surface area contributed by atoms with Gasteiger partial charge in [0.15, 0.2) is 11.7 Å². The standard InChI is InChI=1S/C10H15F3N4S.HI/c1-3-17(4-2)9(14)15-5-8-16-7(6-18-8)10(11,12)13;/h6H,3-5H2,1-2H3,(H2,14,15);1H. The molecule has 1 rings (SSSR count). The van der Waals surface area contributed by atoms with Gasteiger partial charge in [-0.05, 0) is 13.8 Å². The molecule has 0 bridgehead atoms. The summed E-state index contributed by atoms with van der Waals surface area (Å²) in [5.41, 5.74) is 4.83. The number of rotatable bonds is 4. The van der Waals surface area contributed by atoms with Gasteiger partial charge in [0.1, 0.15) is 5.01 Å². The third-order valence-electron chi connectivity index (χ3n) is 2.31. The van der Waals surface area contributed by atoms with Crippen molar-refractivity contribution < 1.29 is 13.2 Å². The van der Waals surface area contributed by atoms with Crippen LogP contribution in [0.5, 0.6) is 0 Å². The molecule has 0 aromatic carbocycles. The van der Waals surface area contributed by atoms with Crippen LogP contribution in [0.2, 0.25) is 0 Å². The smallest absolute Gasteiger partial charge is 0.370 e. The highest BCUT2D eigenvalue weighted by Gasteiger charge is 2.33. The number of thiazole rings is 1. The van der Waals surface area contributed by atoms with Gasteiger partial charge in [0.2, 0.25) is 0 Å². The fourth-order valence-corrected chi connectivity index (χ4v) is 2.03. The molecule has 0 atom stereocenters. The van der Waals surface area contributed by atoms with E-state index in [1.54, 1.807) is 0 Å². The number of aliphatic imine (C=N–C) groups is 1. The third-order valence-corrected chi connectivity index (χ3v) is 3.14. The van der Waals surface area contributed by atoms with Crippen molar-refractivity contribution in [2.24, 2.45) is 10.7 Å². The van der Waals surface area contributed by atoms with Gasteiger partial charge in [-0.3, -0.25) is 0 Å². The maximum Gasteiger partial charge on any atom is 0.434 e. The SMILES string of the molecule is CCN(CC)C(N)=NCc1nc(C(F)(F)F)cs1.I. The summed E-state index contributed by atoms with van der Waals surface area (Å²) in [6.45, 7) is 5.34. The minimum atomic E-state index is -4.40. The molecule has 0 amide bonds. The largest absolute Gasteiger partial charge is 0.434 e. The molecule has 4 nitrogen and oxygen atoms in total. The Balaban J connectivity index is 0.00000324. The molecule has 0 radical (unpaired) electrons. The van der Waals surface area contributed by atoms with Crippen molar-refractivity contribution >= 4 is 41.3 Å². The number of guanidine groups is 1. The first-order valence-electron chi connectivity index (χ1n) is 5.45. The number of alkyl halides is 3. The van der Waals surface area contributed by atoms with Crippen LogP contribution >= 0.6 is 35.3 Å². The van der Waals surface area contributed by atoms with Gasteiger partial charge < -0.3 is 10.6 Å². The second kappa shape index (κ2) is 7.88. The first kappa shape index (κ1) is 18.4. The summed E-state index contributed by atoms with van der Waals surface area (Å²) in [7, 11) is 0. The zero-order valence-corrected chi connectivity index (χ0v) is 13.7. The molecule has 0 saturated carbocycles. The Morgan fingerprint density at radius 3 is 2.42 bits per heavy atom. The van der Waals surface area contributed by atoms with Crippen LogP contribution in [0, 0.1) is 0 Å². The van der Waals surface area contributed by atoms with Crippen molar-refractivity contribution in [3.05, 3.63) is 16.1 Å². The van der Waals surface area contributed by atoms with E-state index in [1.165, 1.54) is 0 Å². The van der Waals surface area contributed by atoms with Crippen molar-refractivity contribution in [2.45, 2.75) is 26.6 Å². The van der Waals surface area contributed by atoms with Crippen LogP contribution in [0.25, 0.3) is 0 Å². The lowest BCUT2D eigenvalue weighted by Crippen LogP contribution is -2.37. The van der Waals surface area contributed by atoms with Gasteiger partial charge in [-0.1, -0.05) is 0 Å². The Morgan fingerprint density at radius 2 is 2.00 bits per heavy atom. The molecule has 0 spiro atoms. The number of hydrogen-bond acceptors (Lipinski definition) is 3. The van der Waals surface area contributed by atoms with Gasteiger partial charge in [-0.2, -0.15) is 13.2 Å². The van der Waals surface area contributed by atoms with E-state index in [4.69, 9.17) is 5.73 Å². The number of halogens is 4. The zero-order valence-electron chi connectivity index (χ0n) is 10.6. The predicted octanol–water partition coefficient (Wildman–Crippen LogP) is 2.94. The first-order valence-corrected chi connectivity index (χ1v) is 6.32. The maximum absolute atomic E-state index is 12.3. The summed E-state index contributed by atoms with van der Waals surface area (Å²) in [5.74, 6) is 0.323. The summed E-state index contributed by atoms with van der Waals surface area (Å²) in [6.07, 6.45) is -4.40. The highest BCUT2D eigenvalue weighted by Crippen LogP contribution is 2.30. The van der Waals surface area contributed by atoms with Crippen molar-refractivity contribution in [1.29, 1.82) is 0 Å². The molecule has 110 valence electrons. The van der Waals surface area contributed by atoms with Gasteiger partial charge in [0.25, 0.3) is 0 Å². The van der Waals surface area contributed by atoms with Crippen LogP contribution in [0.15, 0.2) is 10.4 Å². The molecule has 2 N–H and O–H groups in total. The fraction of sp³-hybridized carbons (Fsp3) is 0.600. The molecular weight excluding hydrogens is 392 g/mol. The number of nitrogens with two attached hydrogens (primary N) is 1. The lowest BCUT2D eigenvalue weighted by atomic mass is 10.5. The highest BCUT2D eigenvalue weighted by molar-refractivity contribution is 14.0. The molecule has 0 aliphatic rings. The molecule has 0 fully saturated rings. The maximum atomic E-state index is 12.3. The third kappa shape index (κ3) is 5.51. The van der Waals surface area contributed by atoms with Crippen molar-refractivity contribution in [1.82, 2.24) is 9.88 Å². The molecule has 1 heterocycles. The molecule has 1 aromatic rings. The van der Waals surface area contributed by atoms with E-state index in [0.29, 0.717) is 24.1 Å². The minimum Gasteiger partial charge on any atom is -0.370 e. The summed E-state index contributed by atoms with van der Waals surface area (Å²) in [6, 6.07) is 0. The summed E-state index contributed by atoms with van der Waals surface area (Å²) < 4.78 is 36.9. The number of nitrogens with zero attached hydrogens (tertiary/aromatic N) is 3. The average molecular weight is 408 g/mol. The van der Waals surface area contributed by atoms with Gasteiger partial charge in [-0.15, -0.1) is 35.3 Å². The van der Waals surface area contributed by atoms with Gasteiger partial charge in [-0.25, -0.2) is 9.98 Å². The van der Waals surface area contributed by atoms with E-state index < -0.39 is 11.9 Å². The fourth-order valence-electron chi connectivity index (χ4n) is 1.31. The molecular formula is C10H16F3IN4S. The Hall–Kier alpha value is -0.580. The number of aromatic nitrogens is 1. The Bertz CT molecular complexity index is 415. The van der Waals surface area contributed by atoms with Gasteiger partial charge in [0, 0.05) is 18.5 Å². The van der Waals surface area contributed by atoms with Crippen LogP contribution in [0.1, 0.15) is 24.5 Å². The monoisotopic (exact) mass is 408 g/mol. The normalized spacial score (nSPS) is 12.2. The first-order chi connectivity index (χ1) is 8.38. The van der Waals surface area contributed by atoms with Crippen LogP contribution in [0.3, 0.4) is 0 Å². The van der Waals surface area contributed by atoms with E-state index in [1.807, 2.05) is 18.7 Å². The van der Waals surface area contributed by atoms with E-state index in [-0.39, 0.29) is 30.5 Å². The quantitative estimate of drug-likeness (QED) is 0.474. The summed E-state index contributed by atoms with van der Waals surface area (Å²) in [4.78, 5) is 9.33. The van der Waals surface area contributed by atoms with Gasteiger partial charge in [0.05, 0.1) is 6.54 Å². The van der Waals surface area contributed by atoms with Crippen LogP contribution < -0.4 is 5.73 Å². The summed E-state index contributed by atoms with van der Waals surface area (Å²) >= 11 is 0.933. The topological polar surface area (TPSA) is 54.5 Å². The van der Waals surface area contributed by atoms with Crippen molar-refractivity contribution in [2.75, 3.05) is 13.1 Å². The Labute approximate surface area is 130 Å². The minimum absolute atomic E-state index is 0. The molecule has 1 aromatic heterocycles. The van der Waals surface area contributed by atoms with Crippen molar-refractivity contribution in [3.63, 3.8) is 0 Å². The number of hydrogen-bond donors (Lipinski definition) is 1. The molecule has 0 saturated heterocycles. The Kier molecular flexibility index (Phi) is 7.64. The van der Waals surface area contributed by atoms with Crippen LogP contribution in [-0.4, -0.2) is 28.9 Å². The lowest BCUT2D eigenvalue weighted by Gasteiger charge is -2.18. The summed E-state index contributed by atoms with van der Waals surface area (Å²) in [5, 5.41) is 1.29.